The third kappa shape index (κ3) is 0.700. The summed E-state index contributed by atoms with van der Waals surface area (Å²) in [4.78, 5) is 4.66. The second-order valence-electron chi connectivity index (χ2n) is 3.25. The first-order chi connectivity index (χ1) is 4.27. The van der Waals surface area contributed by atoms with Gasteiger partial charge in [-0.2, -0.15) is 0 Å². The summed E-state index contributed by atoms with van der Waals surface area (Å²) in [6.45, 7) is 2.41. The minimum absolute atomic E-state index is 0.764. The molecule has 0 saturated carbocycles. The maximum absolute atomic E-state index is 3.96. The first-order valence-corrected chi connectivity index (χ1v) is 3.55. The topological polar surface area (TPSA) is 6.48 Å². The van der Waals surface area contributed by atoms with E-state index in [1.165, 1.54) is 19.5 Å². The molecule has 2 nitrogen and oxygen atoms in total. The molecule has 2 bridgehead atoms. The van der Waals surface area contributed by atoms with Crippen LogP contribution < -0.4 is 0 Å². The molecule has 2 heterocycles. The summed E-state index contributed by atoms with van der Waals surface area (Å²) in [6, 6.07) is 1.58. The molecule has 2 fully saturated rings. The van der Waals surface area contributed by atoms with Crippen LogP contribution in [0.1, 0.15) is 6.42 Å². The third-order valence-corrected chi connectivity index (χ3v) is 2.63. The van der Waals surface area contributed by atoms with Crippen molar-refractivity contribution in [2.45, 2.75) is 18.5 Å². The van der Waals surface area contributed by atoms with Gasteiger partial charge in [-0.05, 0) is 26.1 Å². The van der Waals surface area contributed by atoms with Crippen molar-refractivity contribution in [3.8, 4) is 0 Å². The summed E-state index contributed by atoms with van der Waals surface area (Å²) in [7, 11) is 6.17. The van der Waals surface area contributed by atoms with Crippen LogP contribution in [-0.4, -0.2) is 42.0 Å². The van der Waals surface area contributed by atoms with Gasteiger partial charge in [-0.1, -0.05) is 0 Å². The van der Waals surface area contributed by atoms with Crippen LogP contribution >= 0.6 is 0 Å². The van der Waals surface area contributed by atoms with Crippen LogP contribution in [0.3, 0.4) is 0 Å². The van der Waals surface area contributed by atoms with Crippen molar-refractivity contribution in [3.05, 3.63) is 7.05 Å². The van der Waals surface area contributed by atoms with Gasteiger partial charge in [0.2, 0.25) is 0 Å². The van der Waals surface area contributed by atoms with Crippen molar-refractivity contribution in [1.82, 2.24) is 9.80 Å². The van der Waals surface area contributed by atoms with Crippen LogP contribution in [0, 0.1) is 7.05 Å². The monoisotopic (exact) mass is 125 g/mol. The second-order valence-corrected chi connectivity index (χ2v) is 3.25. The lowest BCUT2D eigenvalue weighted by atomic mass is 10.2. The van der Waals surface area contributed by atoms with Gasteiger partial charge in [-0.25, -0.2) is 0 Å². The van der Waals surface area contributed by atoms with E-state index in [0.717, 1.165) is 12.1 Å². The van der Waals surface area contributed by atoms with Gasteiger partial charge in [0.25, 0.3) is 0 Å². The molecule has 0 spiro atoms. The van der Waals surface area contributed by atoms with Crippen LogP contribution in [0.4, 0.5) is 0 Å². The Morgan fingerprint density at radius 2 is 2.11 bits per heavy atom. The fourth-order valence-electron chi connectivity index (χ4n) is 1.95. The smallest absolute Gasteiger partial charge is 0.0211 e. The van der Waals surface area contributed by atoms with Crippen molar-refractivity contribution in [1.29, 1.82) is 0 Å². The normalized spacial score (nSPS) is 44.7. The predicted molar refractivity (Wildman–Crippen MR) is 36.9 cm³/mol. The lowest BCUT2D eigenvalue weighted by Crippen LogP contribution is -2.41. The van der Waals surface area contributed by atoms with Crippen molar-refractivity contribution in [3.63, 3.8) is 0 Å². The molecule has 2 rings (SSSR count). The minimum atomic E-state index is 0.764. The Balaban J connectivity index is 2.10. The Morgan fingerprint density at radius 3 is 2.44 bits per heavy atom. The molecule has 0 amide bonds. The Labute approximate surface area is 56.4 Å². The summed E-state index contributed by atoms with van der Waals surface area (Å²) in [5.74, 6) is 0. The third-order valence-electron chi connectivity index (χ3n) is 2.63. The summed E-state index contributed by atoms with van der Waals surface area (Å²) >= 11 is 0. The maximum atomic E-state index is 3.96. The lowest BCUT2D eigenvalue weighted by Gasteiger charge is -2.34. The molecule has 9 heavy (non-hydrogen) atoms. The molecule has 0 N–H and O–H groups in total. The number of rotatable bonds is 0. The van der Waals surface area contributed by atoms with Gasteiger partial charge in [0.05, 0.1) is 0 Å². The quantitative estimate of drug-likeness (QED) is 0.426. The standard InChI is InChI=1S/C7H13N2/c1-8-4-7-3-6(8)5-9(7)2/h6-7H,1,3-5H2,2H3/q-1/t6-,7-/m0/s1. The first-order valence-electron chi connectivity index (χ1n) is 3.55. The Kier molecular flexibility index (Phi) is 1.08. The van der Waals surface area contributed by atoms with Crippen LogP contribution in [0.15, 0.2) is 0 Å². The molecule has 2 aliphatic heterocycles. The Bertz CT molecular complexity index is 106. The maximum Gasteiger partial charge on any atom is 0.0211 e. The molecule has 0 aromatic heterocycles. The zero-order chi connectivity index (χ0) is 6.43. The van der Waals surface area contributed by atoms with E-state index in [4.69, 9.17) is 0 Å². The fraction of sp³-hybridized carbons (Fsp3) is 0.857. The molecule has 2 heteroatoms. The van der Waals surface area contributed by atoms with Crippen molar-refractivity contribution in [2.75, 3.05) is 20.1 Å². The fourth-order valence-corrected chi connectivity index (χ4v) is 1.95. The van der Waals surface area contributed by atoms with E-state index in [0.29, 0.717) is 0 Å². The van der Waals surface area contributed by atoms with E-state index in [9.17, 15) is 0 Å². The van der Waals surface area contributed by atoms with Crippen LogP contribution in [-0.2, 0) is 0 Å². The molecule has 52 valence electrons. The van der Waals surface area contributed by atoms with Gasteiger partial charge in [0.1, 0.15) is 0 Å². The van der Waals surface area contributed by atoms with Gasteiger partial charge in [0.15, 0.2) is 0 Å². The van der Waals surface area contributed by atoms with E-state index in [-0.39, 0.29) is 0 Å². The highest BCUT2D eigenvalue weighted by Gasteiger charge is 2.35. The zero-order valence-corrected chi connectivity index (χ0v) is 5.88. The van der Waals surface area contributed by atoms with Crippen LogP contribution in [0.2, 0.25) is 0 Å². The molecule has 0 aromatic carbocycles. The Morgan fingerprint density at radius 1 is 1.33 bits per heavy atom. The van der Waals surface area contributed by atoms with E-state index in [1.807, 2.05) is 0 Å². The van der Waals surface area contributed by atoms with Gasteiger partial charge < -0.3 is 9.80 Å². The highest BCUT2D eigenvalue weighted by Crippen LogP contribution is 2.27. The second kappa shape index (κ2) is 1.70. The van der Waals surface area contributed by atoms with Crippen molar-refractivity contribution in [2.24, 2.45) is 0 Å². The van der Waals surface area contributed by atoms with E-state index in [1.54, 1.807) is 0 Å². The minimum Gasteiger partial charge on any atom is -0.454 e. The number of likely N-dealkylation sites (N-methyl/N-ethyl adjacent to an activating group) is 1. The molecule has 2 atom stereocenters. The lowest BCUT2D eigenvalue weighted by molar-refractivity contribution is 0.191. The Hall–Kier alpha value is -0.0800. The SMILES string of the molecule is [CH2-]N1C[C@@H]2C[C@H]1CN2C. The molecule has 2 saturated heterocycles. The highest BCUT2D eigenvalue weighted by molar-refractivity contribution is 4.97. The number of fused-ring (bicyclic) bond motifs is 2. The average Bonchev–Trinajstić information content (AvgIpc) is 2.24. The van der Waals surface area contributed by atoms with Crippen LogP contribution in [0.25, 0.3) is 0 Å². The molecule has 0 radical (unpaired) electrons. The van der Waals surface area contributed by atoms with Gasteiger partial charge >= 0.3 is 0 Å². The van der Waals surface area contributed by atoms with Gasteiger partial charge in [-0.15, -0.1) is 0 Å². The summed E-state index contributed by atoms with van der Waals surface area (Å²) in [6.07, 6.45) is 1.35. The zero-order valence-electron chi connectivity index (χ0n) is 5.88. The molecule has 0 unspecified atom stereocenters. The molecule has 0 aromatic rings. The number of nitrogens with zero attached hydrogens (tertiary/aromatic N) is 2. The van der Waals surface area contributed by atoms with E-state index in [2.05, 4.69) is 23.9 Å². The largest absolute Gasteiger partial charge is 0.454 e. The first kappa shape index (κ1) is 5.69. The summed E-state index contributed by atoms with van der Waals surface area (Å²) in [5, 5.41) is 0. The van der Waals surface area contributed by atoms with E-state index >= 15 is 0 Å². The molecule has 0 aliphatic carbocycles. The molecular formula is C7H13N2-. The number of piperazine rings is 1. The summed E-state index contributed by atoms with van der Waals surface area (Å²) in [5.41, 5.74) is 0. The summed E-state index contributed by atoms with van der Waals surface area (Å²) < 4.78 is 0. The van der Waals surface area contributed by atoms with Gasteiger partial charge in [0, 0.05) is 12.6 Å². The average molecular weight is 125 g/mol. The number of hydrogen-bond donors (Lipinski definition) is 0. The van der Waals surface area contributed by atoms with Gasteiger partial charge in [-0.3, -0.25) is 7.05 Å². The molecular weight excluding hydrogens is 112 g/mol. The molecule has 2 aliphatic rings. The van der Waals surface area contributed by atoms with E-state index < -0.39 is 0 Å². The van der Waals surface area contributed by atoms with Crippen LogP contribution in [0.5, 0.6) is 0 Å². The predicted octanol–water partition coefficient (Wildman–Crippen LogP) is 0.166. The highest BCUT2D eigenvalue weighted by atomic mass is 15.3. The van der Waals surface area contributed by atoms with Crippen molar-refractivity contribution < 1.29 is 0 Å². The van der Waals surface area contributed by atoms with Crippen molar-refractivity contribution >= 4 is 0 Å². The number of hydrogen-bond acceptors (Lipinski definition) is 2. The number of likely N-dealkylation sites (tertiary alicyclic amines) is 2.